The molecule has 0 aliphatic rings. The first-order valence-corrected chi connectivity index (χ1v) is 7.20. The summed E-state index contributed by atoms with van der Waals surface area (Å²) in [4.78, 5) is 29.7. The van der Waals surface area contributed by atoms with Gasteiger partial charge in [0.05, 0.1) is 18.9 Å². The molecule has 2 N–H and O–H groups in total. The van der Waals surface area contributed by atoms with Crippen LogP contribution in [0.3, 0.4) is 0 Å². The van der Waals surface area contributed by atoms with Crippen molar-refractivity contribution in [3.8, 4) is 0 Å². The van der Waals surface area contributed by atoms with E-state index in [0.717, 1.165) is 24.1 Å². The Morgan fingerprint density at radius 3 is 2.78 bits per heavy atom. The molecule has 120 valence electrons. The Kier molecular flexibility index (Phi) is 5.62. The van der Waals surface area contributed by atoms with Crippen LogP contribution in [0, 0.1) is 0 Å². The topological polar surface area (TPSA) is 96.4 Å². The Morgan fingerprint density at radius 2 is 2.13 bits per heavy atom. The van der Waals surface area contributed by atoms with Crippen LogP contribution >= 0.6 is 0 Å². The number of carbonyl (C=O) groups is 1. The van der Waals surface area contributed by atoms with Gasteiger partial charge in [0.25, 0.3) is 5.56 Å². The number of rotatable bonds is 6. The third kappa shape index (κ3) is 4.77. The summed E-state index contributed by atoms with van der Waals surface area (Å²) >= 11 is 0. The van der Waals surface area contributed by atoms with E-state index in [1.165, 1.54) is 13.2 Å². The monoisotopic (exact) mass is 314 g/mol. The van der Waals surface area contributed by atoms with Crippen LogP contribution in [-0.2, 0) is 11.2 Å². The van der Waals surface area contributed by atoms with Crippen molar-refractivity contribution in [2.75, 3.05) is 12.5 Å². The number of aromatic amines is 1. The fourth-order valence-corrected chi connectivity index (χ4v) is 1.94. The molecule has 23 heavy (non-hydrogen) atoms. The highest BCUT2D eigenvalue weighted by molar-refractivity contribution is 5.90. The summed E-state index contributed by atoms with van der Waals surface area (Å²) in [5.41, 5.74) is 4.45. The number of H-pyrrole nitrogens is 1. The largest absolute Gasteiger partial charge is 0.465 e. The standard InChI is InChI=1S/C16H18N4O3/c1-3-4-13-9-14(21)19-16(18-13)20-17-10-11-5-7-12(8-6-11)15(22)23-2/h5-10H,3-4H2,1-2H3,(H2,18,19,20,21). The van der Waals surface area contributed by atoms with Crippen molar-refractivity contribution in [2.24, 2.45) is 5.10 Å². The van der Waals surface area contributed by atoms with Crippen LogP contribution in [0.15, 0.2) is 40.2 Å². The fourth-order valence-electron chi connectivity index (χ4n) is 1.94. The van der Waals surface area contributed by atoms with E-state index in [1.807, 2.05) is 6.92 Å². The molecular formula is C16H18N4O3. The van der Waals surface area contributed by atoms with Gasteiger partial charge >= 0.3 is 5.97 Å². The van der Waals surface area contributed by atoms with Crippen molar-refractivity contribution in [3.05, 3.63) is 57.5 Å². The van der Waals surface area contributed by atoms with Crippen LogP contribution in [0.1, 0.15) is 35.0 Å². The molecule has 1 aromatic heterocycles. The number of ether oxygens (including phenoxy) is 1. The Labute approximate surface area is 133 Å². The first-order valence-electron chi connectivity index (χ1n) is 7.20. The maximum Gasteiger partial charge on any atom is 0.337 e. The minimum atomic E-state index is -0.388. The van der Waals surface area contributed by atoms with Crippen LogP contribution in [0.5, 0.6) is 0 Å². The van der Waals surface area contributed by atoms with Crippen LogP contribution in [0.4, 0.5) is 5.95 Å². The van der Waals surface area contributed by atoms with E-state index in [-0.39, 0.29) is 11.5 Å². The maximum absolute atomic E-state index is 11.5. The van der Waals surface area contributed by atoms with Crippen molar-refractivity contribution in [2.45, 2.75) is 19.8 Å². The summed E-state index contributed by atoms with van der Waals surface area (Å²) in [6, 6.07) is 8.25. The van der Waals surface area contributed by atoms with Gasteiger partial charge in [-0.3, -0.25) is 9.78 Å². The summed E-state index contributed by atoms with van der Waals surface area (Å²) in [6.07, 6.45) is 3.20. The lowest BCUT2D eigenvalue weighted by Gasteiger charge is -2.02. The van der Waals surface area contributed by atoms with Gasteiger partial charge in [-0.05, 0) is 24.1 Å². The molecule has 0 saturated heterocycles. The molecule has 2 aromatic rings. The van der Waals surface area contributed by atoms with Crippen LogP contribution in [0.25, 0.3) is 0 Å². The second-order valence-corrected chi connectivity index (χ2v) is 4.82. The zero-order valence-corrected chi connectivity index (χ0v) is 13.0. The number of hydrogen-bond acceptors (Lipinski definition) is 6. The number of nitrogens with zero attached hydrogens (tertiary/aromatic N) is 2. The second kappa shape index (κ2) is 7.88. The fraction of sp³-hybridized carbons (Fsp3) is 0.250. The summed E-state index contributed by atoms with van der Waals surface area (Å²) < 4.78 is 4.63. The molecule has 0 spiro atoms. The van der Waals surface area contributed by atoms with Crippen LogP contribution in [0.2, 0.25) is 0 Å². The minimum absolute atomic E-state index is 0.219. The third-order valence-corrected chi connectivity index (χ3v) is 3.02. The van der Waals surface area contributed by atoms with E-state index >= 15 is 0 Å². The maximum atomic E-state index is 11.5. The number of hydrazone groups is 1. The number of aromatic nitrogens is 2. The Balaban J connectivity index is 2.04. The van der Waals surface area contributed by atoms with Crippen molar-refractivity contribution < 1.29 is 9.53 Å². The molecule has 0 aliphatic heterocycles. The van der Waals surface area contributed by atoms with Gasteiger partial charge in [-0.15, -0.1) is 0 Å². The summed E-state index contributed by atoms with van der Waals surface area (Å²) in [7, 11) is 1.34. The van der Waals surface area contributed by atoms with Gasteiger partial charge in [-0.25, -0.2) is 15.2 Å². The first kappa shape index (κ1) is 16.4. The van der Waals surface area contributed by atoms with Crippen molar-refractivity contribution in [1.82, 2.24) is 9.97 Å². The smallest absolute Gasteiger partial charge is 0.337 e. The molecule has 0 saturated carbocycles. The van der Waals surface area contributed by atoms with Crippen molar-refractivity contribution >= 4 is 18.1 Å². The number of carbonyl (C=O) groups excluding carboxylic acids is 1. The molecule has 0 amide bonds. The van der Waals surface area contributed by atoms with E-state index in [4.69, 9.17) is 0 Å². The molecule has 0 aliphatic carbocycles. The van der Waals surface area contributed by atoms with Gasteiger partial charge in [0, 0.05) is 11.8 Å². The molecule has 2 rings (SSSR count). The Bertz CT molecular complexity index is 751. The summed E-state index contributed by atoms with van der Waals surface area (Å²) in [5, 5.41) is 4.03. The Hall–Kier alpha value is -2.96. The van der Waals surface area contributed by atoms with Crippen LogP contribution < -0.4 is 11.0 Å². The zero-order chi connectivity index (χ0) is 16.7. The van der Waals surface area contributed by atoms with Gasteiger partial charge in [0.2, 0.25) is 5.95 Å². The zero-order valence-electron chi connectivity index (χ0n) is 13.0. The normalized spacial score (nSPS) is 10.7. The molecule has 0 bridgehead atoms. The van der Waals surface area contributed by atoms with E-state index < -0.39 is 0 Å². The molecule has 0 radical (unpaired) electrons. The average Bonchev–Trinajstić information content (AvgIpc) is 2.54. The highest BCUT2D eigenvalue weighted by Crippen LogP contribution is 2.04. The van der Waals surface area contributed by atoms with Gasteiger partial charge in [-0.2, -0.15) is 5.10 Å². The number of nitrogens with one attached hydrogen (secondary N) is 2. The first-order chi connectivity index (χ1) is 11.1. The predicted molar refractivity (Wildman–Crippen MR) is 87.9 cm³/mol. The quantitative estimate of drug-likeness (QED) is 0.482. The molecule has 7 nitrogen and oxygen atoms in total. The predicted octanol–water partition coefficient (Wildman–Crippen LogP) is 1.95. The second-order valence-electron chi connectivity index (χ2n) is 4.82. The number of hydrogen-bond donors (Lipinski definition) is 2. The number of benzene rings is 1. The van der Waals surface area contributed by atoms with Crippen LogP contribution in [-0.4, -0.2) is 29.3 Å². The Morgan fingerprint density at radius 1 is 1.39 bits per heavy atom. The van der Waals surface area contributed by atoms with Crippen molar-refractivity contribution in [1.29, 1.82) is 0 Å². The molecule has 7 heteroatoms. The van der Waals surface area contributed by atoms with Gasteiger partial charge in [-0.1, -0.05) is 25.5 Å². The van der Waals surface area contributed by atoms with E-state index in [0.29, 0.717) is 11.5 Å². The number of aryl methyl sites for hydroxylation is 1. The third-order valence-electron chi connectivity index (χ3n) is 3.02. The molecule has 0 fully saturated rings. The average molecular weight is 314 g/mol. The SMILES string of the molecule is CCCc1cc(=O)[nH]c(NN=Cc2ccc(C(=O)OC)cc2)n1. The van der Waals surface area contributed by atoms with Gasteiger partial charge in [0.1, 0.15) is 0 Å². The van der Waals surface area contributed by atoms with Gasteiger partial charge in [0.15, 0.2) is 0 Å². The molecule has 0 atom stereocenters. The lowest BCUT2D eigenvalue weighted by Crippen LogP contribution is -2.12. The van der Waals surface area contributed by atoms with E-state index in [2.05, 4.69) is 25.2 Å². The molecule has 1 aromatic carbocycles. The molecule has 0 unspecified atom stereocenters. The van der Waals surface area contributed by atoms with E-state index in [9.17, 15) is 9.59 Å². The minimum Gasteiger partial charge on any atom is -0.465 e. The highest BCUT2D eigenvalue weighted by atomic mass is 16.5. The molecular weight excluding hydrogens is 296 g/mol. The highest BCUT2D eigenvalue weighted by Gasteiger charge is 2.03. The number of esters is 1. The van der Waals surface area contributed by atoms with E-state index in [1.54, 1.807) is 30.5 Å². The summed E-state index contributed by atoms with van der Waals surface area (Å²) in [6.45, 7) is 2.02. The molecule has 1 heterocycles. The lowest BCUT2D eigenvalue weighted by molar-refractivity contribution is 0.0600. The lowest BCUT2D eigenvalue weighted by atomic mass is 10.1. The number of methoxy groups -OCH3 is 1. The van der Waals surface area contributed by atoms with Crippen molar-refractivity contribution in [3.63, 3.8) is 0 Å². The summed E-state index contributed by atoms with van der Waals surface area (Å²) in [5.74, 6) is -0.0930. The number of anilines is 1. The van der Waals surface area contributed by atoms with Gasteiger partial charge < -0.3 is 4.74 Å².